The third kappa shape index (κ3) is 4.78. The molecule has 0 radical (unpaired) electrons. The van der Waals surface area contributed by atoms with Gasteiger partial charge in [-0.05, 0) is 30.3 Å². The lowest BCUT2D eigenvalue weighted by Crippen LogP contribution is -2.48. The number of fused-ring (bicyclic) bond motifs is 1. The van der Waals surface area contributed by atoms with E-state index in [1.807, 2.05) is 54.7 Å². The number of ether oxygens (including phenoxy) is 2. The Kier molecular flexibility index (Phi) is 6.12. The van der Waals surface area contributed by atoms with Crippen LogP contribution in [0.1, 0.15) is 10.4 Å². The predicted molar refractivity (Wildman–Crippen MR) is 114 cm³/mol. The quantitative estimate of drug-likeness (QED) is 0.596. The van der Waals surface area contributed by atoms with Gasteiger partial charge in [-0.1, -0.05) is 18.2 Å². The van der Waals surface area contributed by atoms with Crippen molar-refractivity contribution < 1.29 is 14.3 Å². The summed E-state index contributed by atoms with van der Waals surface area (Å²) in [6, 6.07) is 15.6. The van der Waals surface area contributed by atoms with E-state index in [0.29, 0.717) is 13.2 Å². The molecule has 0 atom stereocenters. The van der Waals surface area contributed by atoms with Crippen LogP contribution in [-0.2, 0) is 0 Å². The van der Waals surface area contributed by atoms with Crippen LogP contribution in [0.15, 0.2) is 54.7 Å². The molecule has 0 unspecified atom stereocenters. The molecule has 1 aliphatic rings. The number of para-hydroxylation sites is 1. The summed E-state index contributed by atoms with van der Waals surface area (Å²) >= 11 is 0. The smallest absolute Gasteiger partial charge is 0.178 e. The second-order valence-corrected chi connectivity index (χ2v) is 7.31. The van der Waals surface area contributed by atoms with Gasteiger partial charge in [-0.3, -0.25) is 14.6 Å². The van der Waals surface area contributed by atoms with Crippen LogP contribution in [0.2, 0.25) is 0 Å². The number of carbonyl (C=O) groups excluding carboxylic acids is 1. The number of aromatic amines is 1. The number of H-pyrrole nitrogens is 1. The van der Waals surface area contributed by atoms with Crippen molar-refractivity contribution in [1.82, 2.24) is 14.8 Å². The fourth-order valence-corrected chi connectivity index (χ4v) is 3.73. The standard InChI is InChI=1S/C23H27N3O3/c1-28-18-6-8-19(9-7-18)29-15-14-25-10-12-26(13-11-25)17-23(27)21-16-24-22-5-3-2-4-20(21)22/h2-9,16,24H,10-15,17H2,1H3. The Labute approximate surface area is 171 Å². The van der Waals surface area contributed by atoms with Crippen molar-refractivity contribution in [3.63, 3.8) is 0 Å². The molecule has 4 rings (SSSR count). The van der Waals surface area contributed by atoms with Crippen LogP contribution >= 0.6 is 0 Å². The summed E-state index contributed by atoms with van der Waals surface area (Å²) in [5.74, 6) is 1.86. The third-order valence-corrected chi connectivity index (χ3v) is 5.46. The maximum absolute atomic E-state index is 12.7. The second kappa shape index (κ2) is 9.11. The zero-order chi connectivity index (χ0) is 20.1. The predicted octanol–water partition coefficient (Wildman–Crippen LogP) is 3.06. The molecule has 6 nitrogen and oxygen atoms in total. The maximum Gasteiger partial charge on any atom is 0.178 e. The first-order valence-electron chi connectivity index (χ1n) is 10.0. The molecular weight excluding hydrogens is 366 g/mol. The SMILES string of the molecule is COc1ccc(OCCN2CCN(CC(=O)c3c[nH]c4ccccc34)CC2)cc1. The van der Waals surface area contributed by atoms with Crippen LogP contribution in [0.25, 0.3) is 10.9 Å². The molecule has 1 N–H and O–H groups in total. The summed E-state index contributed by atoms with van der Waals surface area (Å²) in [6.07, 6.45) is 1.83. The molecule has 2 heterocycles. The lowest BCUT2D eigenvalue weighted by atomic mass is 10.1. The fraction of sp³-hybridized carbons (Fsp3) is 0.348. The van der Waals surface area contributed by atoms with E-state index >= 15 is 0 Å². The molecule has 0 aliphatic carbocycles. The van der Waals surface area contributed by atoms with E-state index in [0.717, 1.165) is 60.7 Å². The number of ketones is 1. The van der Waals surface area contributed by atoms with Gasteiger partial charge >= 0.3 is 0 Å². The van der Waals surface area contributed by atoms with Gasteiger partial charge in [0.05, 0.1) is 13.7 Å². The molecule has 1 aromatic heterocycles. The highest BCUT2D eigenvalue weighted by Gasteiger charge is 2.20. The number of aromatic nitrogens is 1. The molecular formula is C23H27N3O3. The van der Waals surface area contributed by atoms with Gasteiger partial charge in [0.25, 0.3) is 0 Å². The molecule has 29 heavy (non-hydrogen) atoms. The molecule has 1 fully saturated rings. The summed E-state index contributed by atoms with van der Waals surface area (Å²) in [7, 11) is 1.66. The average Bonchev–Trinajstić information content (AvgIpc) is 3.20. The summed E-state index contributed by atoms with van der Waals surface area (Å²) < 4.78 is 11.0. The summed E-state index contributed by atoms with van der Waals surface area (Å²) in [5, 5.41) is 1.01. The van der Waals surface area contributed by atoms with E-state index in [9.17, 15) is 4.79 Å². The molecule has 0 bridgehead atoms. The number of hydrogen-bond acceptors (Lipinski definition) is 5. The van der Waals surface area contributed by atoms with Gasteiger partial charge in [-0.2, -0.15) is 0 Å². The van der Waals surface area contributed by atoms with Crippen molar-refractivity contribution in [2.75, 3.05) is 53.0 Å². The highest BCUT2D eigenvalue weighted by atomic mass is 16.5. The first-order chi connectivity index (χ1) is 14.2. The lowest BCUT2D eigenvalue weighted by molar-refractivity contribution is 0.0832. The van der Waals surface area contributed by atoms with Crippen LogP contribution < -0.4 is 9.47 Å². The van der Waals surface area contributed by atoms with Crippen molar-refractivity contribution >= 4 is 16.7 Å². The third-order valence-electron chi connectivity index (χ3n) is 5.46. The fourth-order valence-electron chi connectivity index (χ4n) is 3.73. The van der Waals surface area contributed by atoms with Crippen molar-refractivity contribution in [3.05, 3.63) is 60.3 Å². The van der Waals surface area contributed by atoms with Crippen LogP contribution in [0.5, 0.6) is 11.5 Å². The Hall–Kier alpha value is -2.83. The van der Waals surface area contributed by atoms with E-state index in [1.165, 1.54) is 0 Å². The highest BCUT2D eigenvalue weighted by Crippen LogP contribution is 2.19. The molecule has 6 heteroatoms. The number of benzene rings is 2. The van der Waals surface area contributed by atoms with E-state index in [-0.39, 0.29) is 5.78 Å². The first kappa shape index (κ1) is 19.5. The van der Waals surface area contributed by atoms with E-state index in [2.05, 4.69) is 14.8 Å². The first-order valence-corrected chi connectivity index (χ1v) is 10.0. The number of hydrogen-bond donors (Lipinski definition) is 1. The van der Waals surface area contributed by atoms with Gasteiger partial charge < -0.3 is 14.5 Å². The van der Waals surface area contributed by atoms with Crippen LogP contribution in [-0.4, -0.2) is 73.6 Å². The van der Waals surface area contributed by atoms with Gasteiger partial charge in [0.2, 0.25) is 0 Å². The molecule has 0 saturated carbocycles. The normalized spacial score (nSPS) is 15.5. The van der Waals surface area contributed by atoms with Crippen LogP contribution in [0, 0.1) is 0 Å². The Morgan fingerprint density at radius 3 is 2.41 bits per heavy atom. The van der Waals surface area contributed by atoms with Crippen molar-refractivity contribution in [3.8, 4) is 11.5 Å². The van der Waals surface area contributed by atoms with Crippen molar-refractivity contribution in [2.24, 2.45) is 0 Å². The zero-order valence-corrected chi connectivity index (χ0v) is 16.8. The minimum absolute atomic E-state index is 0.179. The molecule has 0 amide bonds. The molecule has 2 aromatic carbocycles. The zero-order valence-electron chi connectivity index (χ0n) is 16.8. The number of carbonyl (C=O) groups is 1. The van der Waals surface area contributed by atoms with E-state index < -0.39 is 0 Å². The number of Topliss-reactive ketones (excluding diaryl/α,β-unsaturated/α-hetero) is 1. The molecule has 3 aromatic rings. The lowest BCUT2D eigenvalue weighted by Gasteiger charge is -2.34. The summed E-state index contributed by atoms with van der Waals surface area (Å²) in [6.45, 7) is 5.71. The van der Waals surface area contributed by atoms with Crippen molar-refractivity contribution in [1.29, 1.82) is 0 Å². The molecule has 152 valence electrons. The van der Waals surface area contributed by atoms with Gasteiger partial charge in [0.1, 0.15) is 18.1 Å². The number of nitrogens with one attached hydrogen (secondary N) is 1. The van der Waals surface area contributed by atoms with E-state index in [4.69, 9.17) is 9.47 Å². The maximum atomic E-state index is 12.7. The highest BCUT2D eigenvalue weighted by molar-refractivity contribution is 6.08. The molecule has 1 aliphatic heterocycles. The number of piperazine rings is 1. The number of rotatable bonds is 8. The Bertz CT molecular complexity index is 943. The largest absolute Gasteiger partial charge is 0.497 e. The van der Waals surface area contributed by atoms with Crippen molar-refractivity contribution in [2.45, 2.75) is 0 Å². The minimum Gasteiger partial charge on any atom is -0.497 e. The van der Waals surface area contributed by atoms with Gasteiger partial charge in [0.15, 0.2) is 5.78 Å². The minimum atomic E-state index is 0.179. The van der Waals surface area contributed by atoms with Gasteiger partial charge in [-0.25, -0.2) is 0 Å². The molecule has 1 saturated heterocycles. The Morgan fingerprint density at radius 2 is 1.66 bits per heavy atom. The van der Waals surface area contributed by atoms with Gasteiger partial charge in [0, 0.05) is 55.4 Å². The van der Waals surface area contributed by atoms with Crippen LogP contribution in [0.3, 0.4) is 0 Å². The van der Waals surface area contributed by atoms with E-state index in [1.54, 1.807) is 7.11 Å². The number of methoxy groups -OCH3 is 1. The van der Waals surface area contributed by atoms with Crippen LogP contribution in [0.4, 0.5) is 0 Å². The topological polar surface area (TPSA) is 57.8 Å². The van der Waals surface area contributed by atoms with Gasteiger partial charge in [-0.15, -0.1) is 0 Å². The monoisotopic (exact) mass is 393 g/mol. The Balaban J connectivity index is 1.20. The molecule has 0 spiro atoms. The summed E-state index contributed by atoms with van der Waals surface area (Å²) in [5.41, 5.74) is 1.80. The summed E-state index contributed by atoms with van der Waals surface area (Å²) in [4.78, 5) is 20.6. The Morgan fingerprint density at radius 1 is 0.966 bits per heavy atom. The number of nitrogens with zero attached hydrogens (tertiary/aromatic N) is 2. The average molecular weight is 393 g/mol. The second-order valence-electron chi connectivity index (χ2n) is 7.31.